The quantitative estimate of drug-likeness (QED) is 0.511. The van der Waals surface area contributed by atoms with E-state index < -0.39 is 23.5 Å². The Balaban J connectivity index is 1.92. The van der Waals surface area contributed by atoms with Gasteiger partial charge in [0.15, 0.2) is 0 Å². The molecule has 0 spiro atoms. The summed E-state index contributed by atoms with van der Waals surface area (Å²) in [6.45, 7) is 3.48. The standard InChI is InChI=1S/C22H17F4N3O/c1-13-10-16(23)6-8-18(13)28-12-29(19-4-3-9-27-14(19)2)21(30)17-11-15(22(24,25)26)5-7-20(17)28/h3-11H,12H2,1-2H3. The first-order valence-corrected chi connectivity index (χ1v) is 9.15. The lowest BCUT2D eigenvalue weighted by molar-refractivity contribution is -0.137. The van der Waals surface area contributed by atoms with Crippen LogP contribution in [0.2, 0.25) is 0 Å². The molecule has 3 aromatic rings. The van der Waals surface area contributed by atoms with Crippen LogP contribution in [0.3, 0.4) is 0 Å². The Hall–Kier alpha value is -3.42. The van der Waals surface area contributed by atoms with Crippen LogP contribution in [-0.2, 0) is 6.18 Å². The fraction of sp³-hybridized carbons (Fsp3) is 0.182. The molecule has 0 fully saturated rings. The van der Waals surface area contributed by atoms with Gasteiger partial charge < -0.3 is 4.90 Å². The van der Waals surface area contributed by atoms with Crippen LogP contribution in [0.1, 0.15) is 27.2 Å². The Morgan fingerprint density at radius 3 is 2.33 bits per heavy atom. The maximum Gasteiger partial charge on any atom is 0.416 e. The number of aromatic nitrogens is 1. The number of halogens is 4. The molecule has 0 atom stereocenters. The molecule has 8 heteroatoms. The highest BCUT2D eigenvalue weighted by molar-refractivity contribution is 6.13. The Morgan fingerprint density at radius 1 is 0.933 bits per heavy atom. The number of nitrogens with zero attached hydrogens (tertiary/aromatic N) is 3. The molecule has 0 saturated heterocycles. The normalized spacial score (nSPS) is 14.1. The van der Waals surface area contributed by atoms with E-state index in [4.69, 9.17) is 0 Å². The topological polar surface area (TPSA) is 36.4 Å². The zero-order valence-corrected chi connectivity index (χ0v) is 16.2. The maximum absolute atomic E-state index is 13.6. The van der Waals surface area contributed by atoms with Crippen LogP contribution in [0.4, 0.5) is 34.6 Å². The van der Waals surface area contributed by atoms with Crippen molar-refractivity contribution in [3.63, 3.8) is 0 Å². The molecule has 0 N–H and O–H groups in total. The highest BCUT2D eigenvalue weighted by Gasteiger charge is 2.37. The highest BCUT2D eigenvalue weighted by Crippen LogP contribution is 2.40. The molecule has 1 aromatic heterocycles. The molecule has 4 rings (SSSR count). The van der Waals surface area contributed by atoms with Crippen LogP contribution in [0, 0.1) is 19.7 Å². The van der Waals surface area contributed by atoms with E-state index in [-0.39, 0.29) is 12.2 Å². The number of rotatable bonds is 2. The number of hydrogen-bond acceptors (Lipinski definition) is 3. The Bertz CT molecular complexity index is 1140. The Morgan fingerprint density at radius 2 is 1.67 bits per heavy atom. The van der Waals surface area contributed by atoms with Crippen molar-refractivity contribution in [3.8, 4) is 0 Å². The molecule has 0 bridgehead atoms. The lowest BCUT2D eigenvalue weighted by atomic mass is 10.0. The summed E-state index contributed by atoms with van der Waals surface area (Å²) in [4.78, 5) is 20.5. The van der Waals surface area contributed by atoms with Gasteiger partial charge in [0.1, 0.15) is 12.5 Å². The summed E-state index contributed by atoms with van der Waals surface area (Å²) in [6.07, 6.45) is -3.01. The van der Waals surface area contributed by atoms with Crippen molar-refractivity contribution in [1.82, 2.24) is 4.98 Å². The third kappa shape index (κ3) is 3.38. The van der Waals surface area contributed by atoms with Crippen molar-refractivity contribution < 1.29 is 22.4 Å². The van der Waals surface area contributed by atoms with Gasteiger partial charge in [-0.2, -0.15) is 13.2 Å². The van der Waals surface area contributed by atoms with Crippen molar-refractivity contribution in [1.29, 1.82) is 0 Å². The molecular formula is C22H17F4N3O. The third-order valence-electron chi connectivity index (χ3n) is 5.09. The number of anilines is 3. The summed E-state index contributed by atoms with van der Waals surface area (Å²) in [5.41, 5.74) is 1.60. The van der Waals surface area contributed by atoms with Gasteiger partial charge >= 0.3 is 6.18 Å². The molecule has 4 nitrogen and oxygen atoms in total. The predicted octanol–water partition coefficient (Wildman–Crippen LogP) is 5.61. The monoisotopic (exact) mass is 415 g/mol. The zero-order chi connectivity index (χ0) is 21.6. The molecule has 0 saturated carbocycles. The minimum absolute atomic E-state index is 0.0518. The van der Waals surface area contributed by atoms with Gasteiger partial charge in [-0.25, -0.2) is 4.39 Å². The number of amides is 1. The fourth-order valence-corrected chi connectivity index (χ4v) is 3.62. The van der Waals surface area contributed by atoms with Crippen LogP contribution in [-0.4, -0.2) is 17.6 Å². The van der Waals surface area contributed by atoms with Crippen molar-refractivity contribution in [2.45, 2.75) is 20.0 Å². The largest absolute Gasteiger partial charge is 0.416 e. The number of aryl methyl sites for hydroxylation is 2. The first-order valence-electron chi connectivity index (χ1n) is 9.15. The molecule has 154 valence electrons. The second kappa shape index (κ2) is 7.12. The van der Waals surface area contributed by atoms with Gasteiger partial charge in [-0.1, -0.05) is 0 Å². The SMILES string of the molecule is Cc1cc(F)ccc1N1CN(c2cccnc2C)C(=O)c2cc(C(F)(F)F)ccc21. The second-order valence-corrected chi connectivity index (χ2v) is 7.07. The molecule has 0 radical (unpaired) electrons. The van der Waals surface area contributed by atoms with E-state index in [9.17, 15) is 22.4 Å². The molecule has 2 aromatic carbocycles. The van der Waals surface area contributed by atoms with Gasteiger partial charge in [-0.3, -0.25) is 14.7 Å². The summed E-state index contributed by atoms with van der Waals surface area (Å²) >= 11 is 0. The molecule has 2 heterocycles. The number of alkyl halides is 3. The summed E-state index contributed by atoms with van der Waals surface area (Å²) < 4.78 is 53.6. The van der Waals surface area contributed by atoms with Gasteiger partial charge in [0.25, 0.3) is 5.91 Å². The average molecular weight is 415 g/mol. The van der Waals surface area contributed by atoms with Crippen molar-refractivity contribution in [3.05, 3.63) is 82.9 Å². The van der Waals surface area contributed by atoms with Crippen molar-refractivity contribution in [2.75, 3.05) is 16.5 Å². The van der Waals surface area contributed by atoms with Crippen LogP contribution in [0.25, 0.3) is 0 Å². The lowest BCUT2D eigenvalue weighted by Crippen LogP contribution is -2.45. The smallest absolute Gasteiger partial charge is 0.322 e. The van der Waals surface area contributed by atoms with Gasteiger partial charge in [-0.05, 0) is 67.9 Å². The van der Waals surface area contributed by atoms with Crippen LogP contribution < -0.4 is 9.80 Å². The van der Waals surface area contributed by atoms with E-state index in [1.807, 2.05) is 0 Å². The molecule has 0 aliphatic carbocycles. The first kappa shape index (κ1) is 19.9. The number of carbonyl (C=O) groups is 1. The second-order valence-electron chi connectivity index (χ2n) is 7.07. The minimum Gasteiger partial charge on any atom is -0.322 e. The molecular weight excluding hydrogens is 398 g/mol. The van der Waals surface area contributed by atoms with Crippen LogP contribution in [0.5, 0.6) is 0 Å². The summed E-state index contributed by atoms with van der Waals surface area (Å²) in [5, 5.41) is 0. The van der Waals surface area contributed by atoms with Gasteiger partial charge in [-0.15, -0.1) is 0 Å². The number of fused-ring (bicyclic) bond motifs is 1. The number of benzene rings is 2. The molecule has 1 amide bonds. The minimum atomic E-state index is -4.58. The maximum atomic E-state index is 13.6. The third-order valence-corrected chi connectivity index (χ3v) is 5.09. The molecule has 1 aliphatic heterocycles. The molecule has 1 aliphatic rings. The average Bonchev–Trinajstić information content (AvgIpc) is 2.69. The van der Waals surface area contributed by atoms with E-state index in [1.54, 1.807) is 43.1 Å². The highest BCUT2D eigenvalue weighted by atomic mass is 19.4. The van der Waals surface area contributed by atoms with Crippen molar-refractivity contribution >= 4 is 23.0 Å². The van der Waals surface area contributed by atoms with Crippen LogP contribution >= 0.6 is 0 Å². The van der Waals surface area contributed by atoms with E-state index >= 15 is 0 Å². The predicted molar refractivity (Wildman–Crippen MR) is 105 cm³/mol. The molecule has 30 heavy (non-hydrogen) atoms. The van der Waals surface area contributed by atoms with Crippen molar-refractivity contribution in [2.24, 2.45) is 0 Å². The van der Waals surface area contributed by atoms with Gasteiger partial charge in [0.05, 0.1) is 28.2 Å². The molecule has 0 unspecified atom stereocenters. The number of hydrogen-bond donors (Lipinski definition) is 0. The number of pyridine rings is 1. The summed E-state index contributed by atoms with van der Waals surface area (Å²) in [6, 6.07) is 10.6. The van der Waals surface area contributed by atoms with Gasteiger partial charge in [0.2, 0.25) is 0 Å². The lowest BCUT2D eigenvalue weighted by Gasteiger charge is -2.39. The van der Waals surface area contributed by atoms with E-state index in [0.29, 0.717) is 28.3 Å². The number of carbonyl (C=O) groups excluding carboxylic acids is 1. The van der Waals surface area contributed by atoms with Gasteiger partial charge in [0, 0.05) is 11.9 Å². The van der Waals surface area contributed by atoms with E-state index in [1.165, 1.54) is 23.1 Å². The van der Waals surface area contributed by atoms with Crippen LogP contribution in [0.15, 0.2) is 54.7 Å². The zero-order valence-electron chi connectivity index (χ0n) is 16.2. The Kier molecular flexibility index (Phi) is 4.72. The Labute approximate surface area is 170 Å². The summed E-state index contributed by atoms with van der Waals surface area (Å²) in [7, 11) is 0. The first-order chi connectivity index (χ1) is 14.2. The summed E-state index contributed by atoms with van der Waals surface area (Å²) in [5.74, 6) is -0.972. The van der Waals surface area contributed by atoms with E-state index in [2.05, 4.69) is 4.98 Å². The fourth-order valence-electron chi connectivity index (χ4n) is 3.62. The van der Waals surface area contributed by atoms with E-state index in [0.717, 1.165) is 12.1 Å².